The van der Waals surface area contributed by atoms with Gasteiger partial charge in [0.1, 0.15) is 5.75 Å². The Morgan fingerprint density at radius 2 is 1.88 bits per heavy atom. The van der Waals surface area contributed by atoms with E-state index < -0.39 is 5.41 Å². The number of ether oxygens (including phenoxy) is 1. The lowest BCUT2D eigenvalue weighted by atomic mass is 9.94. The molecule has 1 saturated heterocycles. The van der Waals surface area contributed by atoms with Crippen molar-refractivity contribution < 1.29 is 14.3 Å². The van der Waals surface area contributed by atoms with Crippen LogP contribution in [-0.4, -0.2) is 51.6 Å². The van der Waals surface area contributed by atoms with Crippen molar-refractivity contribution in [2.45, 2.75) is 24.7 Å². The van der Waals surface area contributed by atoms with Crippen LogP contribution >= 0.6 is 11.5 Å². The molecular formula is C17H18N4O3S. The Bertz CT molecular complexity index is 787. The first kappa shape index (κ1) is 16.0. The summed E-state index contributed by atoms with van der Waals surface area (Å²) in [5.41, 5.74) is 0.752. The van der Waals surface area contributed by atoms with Gasteiger partial charge in [-0.1, -0.05) is 16.6 Å². The van der Waals surface area contributed by atoms with Crippen LogP contribution in [0.5, 0.6) is 5.75 Å². The molecule has 0 atom stereocenters. The minimum Gasteiger partial charge on any atom is -0.497 e. The van der Waals surface area contributed by atoms with E-state index in [1.807, 2.05) is 24.3 Å². The zero-order valence-corrected chi connectivity index (χ0v) is 14.7. The maximum absolute atomic E-state index is 13.2. The van der Waals surface area contributed by atoms with Crippen LogP contribution in [0.15, 0.2) is 29.6 Å². The molecule has 7 nitrogen and oxygen atoms in total. The van der Waals surface area contributed by atoms with Gasteiger partial charge in [0.05, 0.1) is 12.5 Å². The van der Waals surface area contributed by atoms with Gasteiger partial charge in [-0.05, 0) is 48.5 Å². The van der Waals surface area contributed by atoms with Crippen LogP contribution in [0.2, 0.25) is 0 Å². The molecule has 0 unspecified atom stereocenters. The maximum Gasteiger partial charge on any atom is 0.293 e. The molecule has 25 heavy (non-hydrogen) atoms. The highest BCUT2D eigenvalue weighted by Gasteiger charge is 2.55. The van der Waals surface area contributed by atoms with Gasteiger partial charge in [0.25, 0.3) is 11.8 Å². The van der Waals surface area contributed by atoms with Gasteiger partial charge in [-0.25, -0.2) is 5.01 Å². The summed E-state index contributed by atoms with van der Waals surface area (Å²) in [4.78, 5) is 25.8. The zero-order valence-electron chi connectivity index (χ0n) is 13.8. The number of hydrogen-bond donors (Lipinski definition) is 0. The predicted molar refractivity (Wildman–Crippen MR) is 91.2 cm³/mol. The molecule has 130 valence electrons. The van der Waals surface area contributed by atoms with Crippen molar-refractivity contribution >= 4 is 23.3 Å². The predicted octanol–water partition coefficient (Wildman–Crippen LogP) is 1.87. The van der Waals surface area contributed by atoms with E-state index in [1.165, 1.54) is 5.01 Å². The van der Waals surface area contributed by atoms with Crippen molar-refractivity contribution in [1.82, 2.24) is 19.6 Å². The number of methoxy groups -OCH3 is 1. The van der Waals surface area contributed by atoms with Crippen molar-refractivity contribution in [3.05, 3.63) is 40.9 Å². The molecule has 0 N–H and O–H groups in total. The number of carbonyl (C=O) groups is 2. The van der Waals surface area contributed by atoms with Crippen LogP contribution < -0.4 is 4.74 Å². The van der Waals surface area contributed by atoms with E-state index in [2.05, 4.69) is 9.59 Å². The topological polar surface area (TPSA) is 75.6 Å². The Balaban J connectivity index is 1.57. The molecule has 2 amide bonds. The van der Waals surface area contributed by atoms with E-state index in [9.17, 15) is 9.59 Å². The highest BCUT2D eigenvalue weighted by atomic mass is 32.1. The largest absolute Gasteiger partial charge is 0.497 e. The van der Waals surface area contributed by atoms with Crippen LogP contribution in [-0.2, 0) is 10.2 Å². The lowest BCUT2D eigenvalue weighted by molar-refractivity contribution is -0.143. The molecule has 2 fully saturated rings. The summed E-state index contributed by atoms with van der Waals surface area (Å²) in [7, 11) is 1.62. The molecule has 8 heteroatoms. The maximum atomic E-state index is 13.2. The number of carbonyl (C=O) groups excluding carboxylic acids is 2. The van der Waals surface area contributed by atoms with E-state index in [1.54, 1.807) is 17.5 Å². The summed E-state index contributed by atoms with van der Waals surface area (Å²) in [6, 6.07) is 7.62. The van der Waals surface area contributed by atoms with Gasteiger partial charge >= 0.3 is 0 Å². The van der Waals surface area contributed by atoms with Crippen LogP contribution in [0.3, 0.4) is 0 Å². The standard InChI is InChI=1S/C17H18N4O3S/c1-24-13-5-3-12(4-6-13)17(7-8-17)16(23)21-10-2-9-20(21)15(22)14-11-25-19-18-14/h3-6,11H,2,7-10H2,1H3. The van der Waals surface area contributed by atoms with E-state index >= 15 is 0 Å². The number of hydrazine groups is 1. The summed E-state index contributed by atoms with van der Waals surface area (Å²) in [5.74, 6) is 0.498. The van der Waals surface area contributed by atoms with E-state index in [-0.39, 0.29) is 11.8 Å². The molecular weight excluding hydrogens is 340 g/mol. The fraction of sp³-hybridized carbons (Fsp3) is 0.412. The van der Waals surface area contributed by atoms with E-state index in [4.69, 9.17) is 4.74 Å². The highest BCUT2D eigenvalue weighted by Crippen LogP contribution is 2.50. The average molecular weight is 358 g/mol. The van der Waals surface area contributed by atoms with Gasteiger partial charge in [0.15, 0.2) is 5.69 Å². The molecule has 1 aliphatic carbocycles. The SMILES string of the molecule is COc1ccc(C2(C(=O)N3CCCN3C(=O)c3csnn3)CC2)cc1. The lowest BCUT2D eigenvalue weighted by Gasteiger charge is -2.30. The first-order valence-corrected chi connectivity index (χ1v) is 9.05. The third-order valence-corrected chi connectivity index (χ3v) is 5.39. The zero-order chi connectivity index (χ0) is 17.4. The number of benzene rings is 1. The molecule has 1 saturated carbocycles. The second-order valence-electron chi connectivity index (χ2n) is 6.31. The van der Waals surface area contributed by atoms with Gasteiger partial charge in [0.2, 0.25) is 0 Å². The smallest absolute Gasteiger partial charge is 0.293 e. The molecule has 2 aromatic rings. The highest BCUT2D eigenvalue weighted by molar-refractivity contribution is 7.03. The summed E-state index contributed by atoms with van der Waals surface area (Å²) < 4.78 is 8.93. The molecule has 0 radical (unpaired) electrons. The van der Waals surface area contributed by atoms with Gasteiger partial charge in [0, 0.05) is 18.5 Å². The quantitative estimate of drug-likeness (QED) is 0.834. The van der Waals surface area contributed by atoms with Gasteiger partial charge in [-0.2, -0.15) is 0 Å². The number of hydrogen-bond acceptors (Lipinski definition) is 6. The van der Waals surface area contributed by atoms with Crippen LogP contribution in [0.1, 0.15) is 35.3 Å². The Labute approximate surface area is 149 Å². The Morgan fingerprint density at radius 1 is 1.16 bits per heavy atom. The third kappa shape index (κ3) is 2.66. The first-order chi connectivity index (χ1) is 12.2. The Kier molecular flexibility index (Phi) is 3.91. The Morgan fingerprint density at radius 3 is 2.48 bits per heavy atom. The van der Waals surface area contributed by atoms with Gasteiger partial charge < -0.3 is 4.74 Å². The number of amides is 2. The van der Waals surface area contributed by atoms with Gasteiger partial charge in [-0.15, -0.1) is 5.10 Å². The number of aromatic nitrogens is 2. The first-order valence-electron chi connectivity index (χ1n) is 8.21. The Hall–Kier alpha value is -2.48. The second-order valence-corrected chi connectivity index (χ2v) is 6.92. The molecule has 1 aromatic heterocycles. The minimum absolute atomic E-state index is 0.00768. The third-order valence-electron chi connectivity index (χ3n) is 4.88. The molecule has 0 bridgehead atoms. The van der Waals surface area contributed by atoms with Crippen molar-refractivity contribution in [1.29, 1.82) is 0 Å². The lowest BCUT2D eigenvalue weighted by Crippen LogP contribution is -2.49. The van der Waals surface area contributed by atoms with E-state index in [0.717, 1.165) is 42.1 Å². The van der Waals surface area contributed by atoms with Crippen molar-refractivity contribution in [3.8, 4) is 5.75 Å². The van der Waals surface area contributed by atoms with Crippen LogP contribution in [0.25, 0.3) is 0 Å². The normalized spacial score (nSPS) is 18.3. The fourth-order valence-electron chi connectivity index (χ4n) is 3.33. The number of nitrogens with zero attached hydrogens (tertiary/aromatic N) is 4. The fourth-order valence-corrected chi connectivity index (χ4v) is 3.76. The molecule has 4 rings (SSSR count). The minimum atomic E-state index is -0.518. The second kappa shape index (κ2) is 6.11. The van der Waals surface area contributed by atoms with Crippen LogP contribution in [0.4, 0.5) is 0 Å². The summed E-state index contributed by atoms with van der Waals surface area (Å²) >= 11 is 1.13. The molecule has 1 aromatic carbocycles. The van der Waals surface area contributed by atoms with Crippen molar-refractivity contribution in [2.75, 3.05) is 20.2 Å². The molecule has 2 heterocycles. The van der Waals surface area contributed by atoms with E-state index in [0.29, 0.717) is 18.8 Å². The molecule has 2 aliphatic rings. The van der Waals surface area contributed by atoms with Crippen molar-refractivity contribution in [3.63, 3.8) is 0 Å². The average Bonchev–Trinajstić information content (AvgIpc) is 3.07. The monoisotopic (exact) mass is 358 g/mol. The van der Waals surface area contributed by atoms with Crippen molar-refractivity contribution in [2.24, 2.45) is 0 Å². The van der Waals surface area contributed by atoms with Crippen LogP contribution in [0, 0.1) is 0 Å². The summed E-state index contributed by atoms with van der Waals surface area (Å²) in [5, 5.41) is 8.56. The van der Waals surface area contributed by atoms with Gasteiger partial charge in [-0.3, -0.25) is 14.6 Å². The molecule has 0 spiro atoms. The molecule has 1 aliphatic heterocycles. The summed E-state index contributed by atoms with van der Waals surface area (Å²) in [6.07, 6.45) is 2.37. The number of rotatable bonds is 4. The summed E-state index contributed by atoms with van der Waals surface area (Å²) in [6.45, 7) is 1.08.